The Labute approximate surface area is 232 Å². The van der Waals surface area contributed by atoms with Gasteiger partial charge in [0.1, 0.15) is 29.4 Å². The van der Waals surface area contributed by atoms with Crippen molar-refractivity contribution in [2.75, 3.05) is 11.5 Å². The lowest BCUT2D eigenvalue weighted by atomic mass is 9.90. The Morgan fingerprint density at radius 1 is 0.902 bits per heavy atom. The van der Waals surface area contributed by atoms with E-state index in [4.69, 9.17) is 10.5 Å². The third-order valence-electron chi connectivity index (χ3n) is 7.17. The van der Waals surface area contributed by atoms with E-state index in [0.717, 1.165) is 23.9 Å². The second-order valence-electron chi connectivity index (χ2n) is 9.57. The van der Waals surface area contributed by atoms with Crippen LogP contribution in [0.2, 0.25) is 0 Å². The quantitative estimate of drug-likeness (QED) is 0.231. The van der Waals surface area contributed by atoms with Crippen molar-refractivity contribution in [3.63, 3.8) is 0 Å². The lowest BCUT2D eigenvalue weighted by Crippen LogP contribution is -2.41. The number of carbonyl (C=O) groups is 2. The van der Waals surface area contributed by atoms with Crippen LogP contribution in [0.3, 0.4) is 0 Å². The molecule has 2 aromatic carbocycles. The number of aromatic nitrogens is 4. The van der Waals surface area contributed by atoms with Gasteiger partial charge in [-0.15, -0.1) is 0 Å². The molecule has 2 aromatic heterocycles. The molecule has 1 saturated heterocycles. The number of carbonyl (C=O) groups excluding carboxylic acids is 2. The van der Waals surface area contributed by atoms with Crippen LogP contribution in [0.5, 0.6) is 11.5 Å². The third kappa shape index (κ3) is 4.63. The Bertz CT molecular complexity index is 1680. The summed E-state index contributed by atoms with van der Waals surface area (Å²) in [6.07, 6.45) is 3.47. The van der Waals surface area contributed by atoms with Crippen molar-refractivity contribution in [2.45, 2.75) is 37.8 Å². The summed E-state index contributed by atoms with van der Waals surface area (Å²) in [7, 11) is 0. The molecule has 9 nitrogen and oxygen atoms in total. The van der Waals surface area contributed by atoms with Gasteiger partial charge in [-0.25, -0.2) is 27.8 Å². The molecule has 4 aromatic rings. The molecule has 0 atom stereocenters. The van der Waals surface area contributed by atoms with Crippen LogP contribution in [0.25, 0.3) is 22.3 Å². The van der Waals surface area contributed by atoms with Crippen molar-refractivity contribution in [3.05, 3.63) is 59.7 Å². The number of rotatable bonds is 5. The molecule has 1 saturated carbocycles. The molecular weight excluding hydrogens is 571 g/mol. The monoisotopic (exact) mass is 590 g/mol. The standard InChI is InChI=1S/C26H19F5N6O3S/c27-15-7-13(40-23-20(30)16(28)8-17(29)21(23)31)5-6-14(15)22-19-24(32)33-10-34-25(19)37(35-22)12-3-1-11(2-4-12)36-18(38)9-41-26(36)39/h5-8,10-12H,1-4,9H2,(H2,32,33,34). The Morgan fingerprint density at radius 2 is 1.59 bits per heavy atom. The maximum Gasteiger partial charge on any atom is 0.289 e. The Morgan fingerprint density at radius 3 is 2.22 bits per heavy atom. The zero-order valence-corrected chi connectivity index (χ0v) is 21.7. The summed E-state index contributed by atoms with van der Waals surface area (Å²) < 4.78 is 77.2. The van der Waals surface area contributed by atoms with Gasteiger partial charge >= 0.3 is 0 Å². The van der Waals surface area contributed by atoms with E-state index in [1.165, 1.54) is 17.3 Å². The fraction of sp³-hybridized carbons (Fsp3) is 0.269. The fourth-order valence-electron chi connectivity index (χ4n) is 5.23. The minimum absolute atomic E-state index is 0.0338. The molecule has 2 fully saturated rings. The molecule has 1 aliphatic heterocycles. The molecule has 2 amide bonds. The Balaban J connectivity index is 1.31. The SMILES string of the molecule is Nc1ncnc2c1c(-c1ccc(Oc3c(F)c(F)cc(F)c3F)cc1F)nn2C1CCC(N2C(=O)CSC2=O)CC1. The first-order valence-corrected chi connectivity index (χ1v) is 13.4. The fourth-order valence-corrected chi connectivity index (χ4v) is 6.00. The van der Waals surface area contributed by atoms with E-state index >= 15 is 4.39 Å². The van der Waals surface area contributed by atoms with Gasteiger partial charge in [0, 0.05) is 23.7 Å². The number of thioether (sulfide) groups is 1. The number of hydrogen-bond donors (Lipinski definition) is 1. The predicted octanol–water partition coefficient (Wildman–Crippen LogP) is 5.74. The number of fused-ring (bicyclic) bond motifs is 1. The Kier molecular flexibility index (Phi) is 6.76. The van der Waals surface area contributed by atoms with Gasteiger partial charge in [0.15, 0.2) is 17.3 Å². The summed E-state index contributed by atoms with van der Waals surface area (Å²) in [6.45, 7) is 0. The lowest BCUT2D eigenvalue weighted by Gasteiger charge is -2.33. The van der Waals surface area contributed by atoms with Gasteiger partial charge in [-0.05, 0) is 37.8 Å². The van der Waals surface area contributed by atoms with Crippen molar-refractivity contribution in [1.29, 1.82) is 0 Å². The zero-order chi connectivity index (χ0) is 29.0. The number of imide groups is 1. The number of hydrogen-bond acceptors (Lipinski definition) is 8. The highest BCUT2D eigenvalue weighted by Gasteiger charge is 2.38. The van der Waals surface area contributed by atoms with Crippen molar-refractivity contribution in [1.82, 2.24) is 24.6 Å². The summed E-state index contributed by atoms with van der Waals surface area (Å²) in [6, 6.07) is 2.78. The minimum Gasteiger partial charge on any atom is -0.451 e. The lowest BCUT2D eigenvalue weighted by molar-refractivity contribution is -0.126. The second-order valence-corrected chi connectivity index (χ2v) is 10.5. The summed E-state index contributed by atoms with van der Waals surface area (Å²) >= 11 is 0.988. The number of benzene rings is 2. The number of amides is 2. The number of anilines is 1. The minimum atomic E-state index is -1.77. The molecule has 2 aliphatic rings. The molecule has 15 heteroatoms. The van der Waals surface area contributed by atoms with Gasteiger partial charge < -0.3 is 10.5 Å². The molecule has 0 unspecified atom stereocenters. The smallest absolute Gasteiger partial charge is 0.289 e. The highest BCUT2D eigenvalue weighted by atomic mass is 32.2. The molecule has 212 valence electrons. The van der Waals surface area contributed by atoms with Gasteiger partial charge in [0.05, 0.1) is 17.2 Å². The van der Waals surface area contributed by atoms with Crippen LogP contribution >= 0.6 is 11.8 Å². The molecule has 41 heavy (non-hydrogen) atoms. The largest absolute Gasteiger partial charge is 0.451 e. The number of nitrogens with two attached hydrogens (primary N) is 1. The average molecular weight is 591 g/mol. The van der Waals surface area contributed by atoms with E-state index in [-0.39, 0.29) is 57.5 Å². The molecule has 2 N–H and O–H groups in total. The molecule has 0 bridgehead atoms. The van der Waals surface area contributed by atoms with Crippen LogP contribution in [-0.4, -0.2) is 47.6 Å². The van der Waals surface area contributed by atoms with E-state index < -0.39 is 40.6 Å². The molecule has 1 aliphatic carbocycles. The molecular formula is C26H19F5N6O3S. The van der Waals surface area contributed by atoms with Crippen molar-refractivity contribution in [3.8, 4) is 22.8 Å². The topological polar surface area (TPSA) is 116 Å². The van der Waals surface area contributed by atoms with Crippen molar-refractivity contribution < 1.29 is 36.3 Å². The average Bonchev–Trinajstić information content (AvgIpc) is 3.50. The van der Waals surface area contributed by atoms with Gasteiger partial charge in [0.2, 0.25) is 23.3 Å². The van der Waals surface area contributed by atoms with Crippen molar-refractivity contribution in [2.24, 2.45) is 0 Å². The van der Waals surface area contributed by atoms with E-state index in [0.29, 0.717) is 31.3 Å². The molecule has 3 heterocycles. The molecule has 0 spiro atoms. The number of nitrogens with zero attached hydrogens (tertiary/aromatic N) is 5. The summed E-state index contributed by atoms with van der Waals surface area (Å²) in [5, 5.41) is 4.63. The number of nitrogen functional groups attached to an aromatic ring is 1. The van der Waals surface area contributed by atoms with Crippen LogP contribution < -0.4 is 10.5 Å². The first kappa shape index (κ1) is 26.9. The number of ether oxygens (including phenoxy) is 1. The third-order valence-corrected chi connectivity index (χ3v) is 8.00. The second kappa shape index (κ2) is 10.3. The summed E-state index contributed by atoms with van der Waals surface area (Å²) in [5.74, 6) is -9.61. The van der Waals surface area contributed by atoms with Crippen LogP contribution in [0.1, 0.15) is 31.7 Å². The first-order chi connectivity index (χ1) is 19.6. The van der Waals surface area contributed by atoms with E-state index in [1.807, 2.05) is 0 Å². The van der Waals surface area contributed by atoms with E-state index in [1.54, 1.807) is 4.68 Å². The van der Waals surface area contributed by atoms with Crippen LogP contribution in [0.4, 0.5) is 32.6 Å². The maximum atomic E-state index is 15.4. The first-order valence-electron chi connectivity index (χ1n) is 12.4. The summed E-state index contributed by atoms with van der Waals surface area (Å²) in [5.41, 5.74) is 6.51. The Hall–Kier alpha value is -4.27. The van der Waals surface area contributed by atoms with E-state index in [2.05, 4.69) is 15.1 Å². The van der Waals surface area contributed by atoms with Crippen LogP contribution in [0.15, 0.2) is 30.6 Å². The molecule has 0 radical (unpaired) electrons. The van der Waals surface area contributed by atoms with Gasteiger partial charge in [-0.3, -0.25) is 14.5 Å². The van der Waals surface area contributed by atoms with Crippen LogP contribution in [0, 0.1) is 29.1 Å². The normalized spacial score (nSPS) is 19.4. The maximum absolute atomic E-state index is 15.4. The van der Waals surface area contributed by atoms with Crippen LogP contribution in [-0.2, 0) is 4.79 Å². The van der Waals surface area contributed by atoms with Crippen molar-refractivity contribution >= 4 is 39.8 Å². The van der Waals surface area contributed by atoms with Gasteiger partial charge in [0.25, 0.3) is 5.24 Å². The molecule has 6 rings (SSSR count). The number of halogens is 5. The highest BCUT2D eigenvalue weighted by Crippen LogP contribution is 2.40. The zero-order valence-electron chi connectivity index (χ0n) is 20.9. The highest BCUT2D eigenvalue weighted by molar-refractivity contribution is 8.14. The predicted molar refractivity (Wildman–Crippen MR) is 137 cm³/mol. The summed E-state index contributed by atoms with van der Waals surface area (Å²) in [4.78, 5) is 33.9. The van der Waals surface area contributed by atoms with E-state index in [9.17, 15) is 27.2 Å². The van der Waals surface area contributed by atoms with Gasteiger partial charge in [-0.2, -0.15) is 13.9 Å². The van der Waals surface area contributed by atoms with Gasteiger partial charge in [-0.1, -0.05) is 11.8 Å².